The number of hydrogen-bond donors (Lipinski definition) is 2. The molecular formula is C21H22F2N2O2. The summed E-state index contributed by atoms with van der Waals surface area (Å²) in [6, 6.07) is 13.8. The second kappa shape index (κ2) is 6.93. The van der Waals surface area contributed by atoms with Gasteiger partial charge in [0.15, 0.2) is 0 Å². The summed E-state index contributed by atoms with van der Waals surface area (Å²) in [6.45, 7) is 0.0907. The van der Waals surface area contributed by atoms with Crippen molar-refractivity contribution in [2.75, 3.05) is 6.61 Å². The van der Waals surface area contributed by atoms with Crippen LogP contribution in [0.1, 0.15) is 36.3 Å². The molecule has 2 aliphatic rings. The van der Waals surface area contributed by atoms with E-state index in [9.17, 15) is 13.6 Å². The van der Waals surface area contributed by atoms with E-state index in [1.54, 1.807) is 0 Å². The molecule has 142 valence electrons. The molecular weight excluding hydrogens is 350 g/mol. The zero-order valence-electron chi connectivity index (χ0n) is 14.8. The van der Waals surface area contributed by atoms with Crippen LogP contribution in [0.4, 0.5) is 13.6 Å². The zero-order chi connectivity index (χ0) is 19.0. The van der Waals surface area contributed by atoms with Crippen molar-refractivity contribution >= 4 is 6.09 Å². The summed E-state index contributed by atoms with van der Waals surface area (Å²) in [5.74, 6) is -3.12. The summed E-state index contributed by atoms with van der Waals surface area (Å²) < 4.78 is 33.5. The summed E-state index contributed by atoms with van der Waals surface area (Å²) in [7, 11) is 0. The number of alkyl carbamates (subject to hydrolysis) is 1. The summed E-state index contributed by atoms with van der Waals surface area (Å²) in [6.07, 6.45) is -0.297. The molecule has 2 atom stereocenters. The number of rotatable bonds is 3. The van der Waals surface area contributed by atoms with E-state index in [1.165, 1.54) is 0 Å². The van der Waals surface area contributed by atoms with Gasteiger partial charge in [-0.2, -0.15) is 0 Å². The molecule has 3 N–H and O–H groups in total. The van der Waals surface area contributed by atoms with Crippen LogP contribution in [0.3, 0.4) is 0 Å². The highest BCUT2D eigenvalue weighted by Crippen LogP contribution is 2.44. The van der Waals surface area contributed by atoms with Crippen LogP contribution in [0.25, 0.3) is 11.1 Å². The predicted octanol–water partition coefficient (Wildman–Crippen LogP) is 4.04. The number of halogens is 2. The van der Waals surface area contributed by atoms with Gasteiger partial charge in [-0.1, -0.05) is 48.5 Å². The average Bonchev–Trinajstić information content (AvgIpc) is 2.97. The number of hydrogen-bond acceptors (Lipinski definition) is 3. The zero-order valence-corrected chi connectivity index (χ0v) is 14.8. The van der Waals surface area contributed by atoms with E-state index in [1.807, 2.05) is 48.5 Å². The number of carbonyl (C=O) groups excluding carboxylic acids is 1. The first kappa shape index (κ1) is 17.9. The fraction of sp³-hybridized carbons (Fsp3) is 0.381. The van der Waals surface area contributed by atoms with Gasteiger partial charge < -0.3 is 15.8 Å². The monoisotopic (exact) mass is 372 g/mol. The third kappa shape index (κ3) is 3.30. The quantitative estimate of drug-likeness (QED) is 0.855. The van der Waals surface area contributed by atoms with Gasteiger partial charge in [0.25, 0.3) is 5.92 Å². The summed E-state index contributed by atoms with van der Waals surface area (Å²) >= 11 is 0. The molecule has 6 heteroatoms. The minimum Gasteiger partial charge on any atom is -0.449 e. The molecule has 2 aromatic carbocycles. The van der Waals surface area contributed by atoms with Gasteiger partial charge in [0.05, 0.1) is 0 Å². The van der Waals surface area contributed by atoms with Crippen molar-refractivity contribution in [2.24, 2.45) is 5.73 Å². The minimum atomic E-state index is -3.01. The third-order valence-corrected chi connectivity index (χ3v) is 5.55. The first-order chi connectivity index (χ1) is 13.0. The van der Waals surface area contributed by atoms with E-state index in [0.29, 0.717) is 12.8 Å². The van der Waals surface area contributed by atoms with Crippen LogP contribution >= 0.6 is 0 Å². The van der Waals surface area contributed by atoms with E-state index >= 15 is 0 Å². The molecule has 0 unspecified atom stereocenters. The standard InChI is InChI=1S/C21H22F2N2O2/c22-21(23)11-5-10-18(24)19(21)25-20(26)27-12-17-15-8-3-1-6-13(15)14-7-2-4-9-16(14)17/h1-4,6-9,17-19H,5,10-12,24H2,(H,25,26)/t18-,19-/m1/s1. The van der Waals surface area contributed by atoms with Gasteiger partial charge in [0.1, 0.15) is 12.6 Å². The molecule has 0 heterocycles. The molecule has 0 saturated heterocycles. The highest BCUT2D eigenvalue weighted by Gasteiger charge is 2.46. The van der Waals surface area contributed by atoms with Crippen molar-refractivity contribution in [2.45, 2.75) is 43.2 Å². The Labute approximate surface area is 156 Å². The van der Waals surface area contributed by atoms with Crippen molar-refractivity contribution in [3.8, 4) is 11.1 Å². The summed E-state index contributed by atoms with van der Waals surface area (Å²) in [5.41, 5.74) is 10.2. The molecule has 0 aromatic heterocycles. The van der Waals surface area contributed by atoms with E-state index in [0.717, 1.165) is 22.3 Å². The average molecular weight is 372 g/mol. The molecule has 1 fully saturated rings. The van der Waals surface area contributed by atoms with Crippen LogP contribution in [0.5, 0.6) is 0 Å². The Morgan fingerprint density at radius 2 is 1.70 bits per heavy atom. The van der Waals surface area contributed by atoms with Gasteiger partial charge in [0.2, 0.25) is 0 Å². The predicted molar refractivity (Wildman–Crippen MR) is 98.8 cm³/mol. The Morgan fingerprint density at radius 1 is 1.11 bits per heavy atom. The number of amides is 1. The largest absolute Gasteiger partial charge is 0.449 e. The lowest BCUT2D eigenvalue weighted by atomic mass is 9.87. The Kier molecular flexibility index (Phi) is 4.60. The number of benzene rings is 2. The lowest BCUT2D eigenvalue weighted by molar-refractivity contribution is -0.0689. The van der Waals surface area contributed by atoms with E-state index < -0.39 is 24.1 Å². The van der Waals surface area contributed by atoms with E-state index in [4.69, 9.17) is 10.5 Å². The molecule has 0 spiro atoms. The Hall–Kier alpha value is -2.47. The van der Waals surface area contributed by atoms with Gasteiger partial charge in [0, 0.05) is 18.4 Å². The van der Waals surface area contributed by atoms with E-state index in [2.05, 4.69) is 5.32 Å². The maximum Gasteiger partial charge on any atom is 0.407 e. The highest BCUT2D eigenvalue weighted by atomic mass is 19.3. The van der Waals surface area contributed by atoms with Crippen molar-refractivity contribution in [3.63, 3.8) is 0 Å². The second-order valence-electron chi connectivity index (χ2n) is 7.26. The molecule has 0 bridgehead atoms. The number of carbonyl (C=O) groups is 1. The summed E-state index contributed by atoms with van der Waals surface area (Å²) in [4.78, 5) is 12.2. The first-order valence-corrected chi connectivity index (χ1v) is 9.22. The fourth-order valence-corrected chi connectivity index (χ4v) is 4.19. The maximum atomic E-state index is 14.1. The molecule has 1 amide bonds. The minimum absolute atomic E-state index is 0.0907. The molecule has 2 aromatic rings. The van der Waals surface area contributed by atoms with Crippen LogP contribution in [-0.2, 0) is 4.74 Å². The van der Waals surface area contributed by atoms with Crippen molar-refractivity contribution in [3.05, 3.63) is 59.7 Å². The van der Waals surface area contributed by atoms with Gasteiger partial charge in [-0.25, -0.2) is 13.6 Å². The molecule has 0 radical (unpaired) electrons. The smallest absolute Gasteiger partial charge is 0.407 e. The number of nitrogens with one attached hydrogen (secondary N) is 1. The molecule has 4 nitrogen and oxygen atoms in total. The van der Waals surface area contributed by atoms with Crippen LogP contribution in [0, 0.1) is 0 Å². The van der Waals surface area contributed by atoms with Crippen LogP contribution in [0.15, 0.2) is 48.5 Å². The topological polar surface area (TPSA) is 64.3 Å². The van der Waals surface area contributed by atoms with Crippen LogP contribution in [-0.4, -0.2) is 30.7 Å². The number of alkyl halides is 2. The normalized spacial score (nSPS) is 23.4. The Bertz CT molecular complexity index is 810. The van der Waals surface area contributed by atoms with Gasteiger partial charge in [-0.3, -0.25) is 0 Å². The lowest BCUT2D eigenvalue weighted by Gasteiger charge is -2.36. The van der Waals surface area contributed by atoms with Gasteiger partial charge in [-0.05, 0) is 35.1 Å². The Morgan fingerprint density at radius 3 is 2.30 bits per heavy atom. The highest BCUT2D eigenvalue weighted by molar-refractivity contribution is 5.79. The SMILES string of the molecule is N[C@@H]1CCCC(F)(F)[C@@H]1NC(=O)OCC1c2ccccc2-c2ccccc21. The van der Waals surface area contributed by atoms with Crippen molar-refractivity contribution in [1.29, 1.82) is 0 Å². The molecule has 1 saturated carbocycles. The summed E-state index contributed by atoms with van der Waals surface area (Å²) in [5, 5.41) is 2.29. The van der Waals surface area contributed by atoms with Crippen LogP contribution < -0.4 is 11.1 Å². The molecule has 0 aliphatic heterocycles. The number of fused-ring (bicyclic) bond motifs is 3. The number of nitrogens with two attached hydrogens (primary N) is 1. The molecule has 2 aliphatic carbocycles. The molecule has 4 rings (SSSR count). The van der Waals surface area contributed by atoms with Gasteiger partial charge >= 0.3 is 6.09 Å². The maximum absolute atomic E-state index is 14.1. The van der Waals surface area contributed by atoms with Crippen LogP contribution in [0.2, 0.25) is 0 Å². The van der Waals surface area contributed by atoms with E-state index in [-0.39, 0.29) is 18.9 Å². The third-order valence-electron chi connectivity index (χ3n) is 5.55. The van der Waals surface area contributed by atoms with Crippen molar-refractivity contribution in [1.82, 2.24) is 5.32 Å². The lowest BCUT2D eigenvalue weighted by Crippen LogP contribution is -2.59. The fourth-order valence-electron chi connectivity index (χ4n) is 4.19. The first-order valence-electron chi connectivity index (χ1n) is 9.22. The van der Waals surface area contributed by atoms with Gasteiger partial charge in [-0.15, -0.1) is 0 Å². The molecule has 27 heavy (non-hydrogen) atoms. The second-order valence-corrected chi connectivity index (χ2v) is 7.26. The number of ether oxygens (including phenoxy) is 1. The van der Waals surface area contributed by atoms with Crippen molar-refractivity contribution < 1.29 is 18.3 Å². The Balaban J connectivity index is 1.47.